The Hall–Kier alpha value is -7.07. The van der Waals surface area contributed by atoms with E-state index in [4.69, 9.17) is 0 Å². The summed E-state index contributed by atoms with van der Waals surface area (Å²) in [6.07, 6.45) is 0. The van der Waals surface area contributed by atoms with Gasteiger partial charge < -0.3 is 9.80 Å². The van der Waals surface area contributed by atoms with Crippen LogP contribution in [0.1, 0.15) is 0 Å². The van der Waals surface area contributed by atoms with Crippen molar-refractivity contribution in [2.45, 2.75) is 19.6 Å². The molecule has 57 heavy (non-hydrogen) atoms. The monoisotopic (exact) mass is 748 g/mol. The van der Waals surface area contributed by atoms with E-state index in [1.54, 1.807) is 0 Å². The highest BCUT2D eigenvalue weighted by Gasteiger charge is 2.43. The van der Waals surface area contributed by atoms with Gasteiger partial charge in [-0.2, -0.15) is 0 Å². The Balaban J connectivity index is 1.22. The van der Waals surface area contributed by atoms with E-state index in [0.717, 1.165) is 22.7 Å². The quantitative estimate of drug-likeness (QED) is 0.153. The van der Waals surface area contributed by atoms with Gasteiger partial charge in [-0.1, -0.05) is 152 Å². The number of hydrogen-bond acceptors (Lipinski definition) is 2. The summed E-state index contributed by atoms with van der Waals surface area (Å²) in [6, 6.07) is 88.5. The van der Waals surface area contributed by atoms with Gasteiger partial charge in [0, 0.05) is 42.3 Å². The van der Waals surface area contributed by atoms with Gasteiger partial charge in [0.05, 0.1) is 11.4 Å². The molecule has 0 aliphatic carbocycles. The first-order chi connectivity index (χ1) is 28.3. The summed E-state index contributed by atoms with van der Waals surface area (Å²) in [6.45, 7) is 0. The van der Waals surface area contributed by atoms with E-state index in [2.05, 4.69) is 252 Å². The zero-order chi connectivity index (χ0) is 38.0. The normalized spacial score (nSPS) is 13.2. The first kappa shape index (κ1) is 34.4. The van der Waals surface area contributed by atoms with Gasteiger partial charge >= 0.3 is 0 Å². The van der Waals surface area contributed by atoms with Gasteiger partial charge in [0.2, 0.25) is 0 Å². The van der Waals surface area contributed by atoms with Crippen LogP contribution in [0, 0.1) is 0 Å². The van der Waals surface area contributed by atoms with Crippen LogP contribution in [-0.2, 0) is 0 Å². The van der Waals surface area contributed by atoms with Crippen molar-refractivity contribution in [3.8, 4) is 22.3 Å². The summed E-state index contributed by atoms with van der Waals surface area (Å²) in [4.78, 5) is 10.1. The van der Waals surface area contributed by atoms with Gasteiger partial charge in [-0.05, 0) is 113 Å². The fraction of sp³-hybridized carbons (Fsp3) is 0. The van der Waals surface area contributed by atoms with E-state index in [9.17, 15) is 0 Å². The second-order valence-corrected chi connectivity index (χ2v) is 17.2. The minimum absolute atomic E-state index is 1.09. The average molecular weight is 749 g/mol. The summed E-state index contributed by atoms with van der Waals surface area (Å²) < 4.78 is 0. The molecule has 0 saturated carbocycles. The Morgan fingerprint density at radius 1 is 0.298 bits per heavy atom. The molecule has 0 bridgehead atoms. The van der Waals surface area contributed by atoms with E-state index in [0.29, 0.717) is 0 Å². The number of anilines is 6. The maximum atomic E-state index is 2.47. The zero-order valence-corrected chi connectivity index (χ0v) is 32.2. The molecule has 0 aromatic heterocycles. The first-order valence-electron chi connectivity index (χ1n) is 19.4. The molecule has 1 aliphatic rings. The molecule has 272 valence electrons. The Morgan fingerprint density at radius 3 is 1.19 bits per heavy atom. The van der Waals surface area contributed by atoms with Crippen LogP contribution in [0.3, 0.4) is 0 Å². The maximum Gasteiger partial charge on any atom is 0.0613 e. The summed E-state index contributed by atoms with van der Waals surface area (Å²) in [7, 11) is -1.92. The summed E-state index contributed by atoms with van der Waals surface area (Å²) >= 11 is 0. The minimum Gasteiger partial charge on any atom is -0.310 e. The van der Waals surface area contributed by atoms with Crippen LogP contribution < -0.4 is 9.80 Å². The molecule has 0 atom stereocenters. The highest BCUT2D eigenvalue weighted by Crippen LogP contribution is 2.79. The Bertz CT molecular complexity index is 2630. The third kappa shape index (κ3) is 6.10. The van der Waals surface area contributed by atoms with Crippen LogP contribution in [0.2, 0.25) is 0 Å². The van der Waals surface area contributed by atoms with Gasteiger partial charge in [0.25, 0.3) is 0 Å². The molecule has 0 radical (unpaired) electrons. The first-order valence-corrected chi connectivity index (χ1v) is 21.1. The topological polar surface area (TPSA) is 6.48 Å². The van der Waals surface area contributed by atoms with E-state index < -0.39 is 10.0 Å². The van der Waals surface area contributed by atoms with Gasteiger partial charge in [-0.3, -0.25) is 0 Å². The van der Waals surface area contributed by atoms with E-state index >= 15 is 0 Å². The van der Waals surface area contributed by atoms with Crippen LogP contribution >= 0.6 is 10.0 Å². The SMILES string of the molecule is c1ccc(-c2ccc(N(c3ccc(-c4ccccc4)cc3)c3ccc4c(c3)N(c3ccccc3)c3ccccc3S4(c3ccccc3)c3ccccc3)cc2)cc1. The number of fused-ring (bicyclic) bond motifs is 2. The van der Waals surface area contributed by atoms with Crippen molar-refractivity contribution in [2.24, 2.45) is 0 Å². The third-order valence-corrected chi connectivity index (χ3v) is 14.8. The van der Waals surface area contributed by atoms with E-state index in [-0.39, 0.29) is 0 Å². The van der Waals surface area contributed by atoms with Crippen molar-refractivity contribution in [3.63, 3.8) is 0 Å². The predicted molar refractivity (Wildman–Crippen MR) is 240 cm³/mol. The highest BCUT2D eigenvalue weighted by atomic mass is 32.3. The van der Waals surface area contributed by atoms with Crippen LogP contribution in [0.5, 0.6) is 0 Å². The van der Waals surface area contributed by atoms with Crippen molar-refractivity contribution in [3.05, 3.63) is 243 Å². The van der Waals surface area contributed by atoms with Crippen LogP contribution in [0.25, 0.3) is 22.3 Å². The van der Waals surface area contributed by atoms with Crippen LogP contribution in [0.4, 0.5) is 34.1 Å². The van der Waals surface area contributed by atoms with Crippen LogP contribution in [-0.4, -0.2) is 0 Å². The number of nitrogens with zero attached hydrogens (tertiary/aromatic N) is 2. The Kier molecular flexibility index (Phi) is 8.98. The standard InChI is InChI=1S/C54H40N2S/c1-6-18-41(19-7-1)43-30-34-46(35-31-43)55(47-36-32-44(33-37-47)42-20-8-2-9-21-42)48-38-39-54-52(40-48)56(45-22-10-3-11-23-45)51-28-16-17-29-53(51)57(54,49-24-12-4-13-25-49)50-26-14-5-15-27-50/h1-40H. The van der Waals surface area contributed by atoms with Gasteiger partial charge in [0.15, 0.2) is 0 Å². The second-order valence-electron chi connectivity index (χ2n) is 14.2. The minimum atomic E-state index is -1.92. The lowest BCUT2D eigenvalue weighted by atomic mass is 10.0. The third-order valence-electron chi connectivity index (χ3n) is 10.9. The van der Waals surface area contributed by atoms with E-state index in [1.165, 1.54) is 53.2 Å². The lowest BCUT2D eigenvalue weighted by molar-refractivity contribution is 1.11. The molecule has 0 spiro atoms. The lowest BCUT2D eigenvalue weighted by Gasteiger charge is -2.50. The van der Waals surface area contributed by atoms with Crippen molar-refractivity contribution >= 4 is 44.2 Å². The van der Waals surface area contributed by atoms with Gasteiger partial charge in [0.1, 0.15) is 0 Å². The number of hydrogen-bond donors (Lipinski definition) is 0. The van der Waals surface area contributed by atoms with Crippen LogP contribution in [0.15, 0.2) is 262 Å². The molecular formula is C54H40N2S. The van der Waals surface area contributed by atoms with Crippen molar-refractivity contribution in [1.82, 2.24) is 0 Å². The number of benzene rings is 9. The highest BCUT2D eigenvalue weighted by molar-refractivity contribution is 8.34. The molecule has 1 aliphatic heterocycles. The predicted octanol–water partition coefficient (Wildman–Crippen LogP) is 15.6. The molecule has 0 unspecified atom stereocenters. The zero-order valence-electron chi connectivity index (χ0n) is 31.4. The Morgan fingerprint density at radius 2 is 0.684 bits per heavy atom. The molecule has 0 N–H and O–H groups in total. The molecule has 1 heterocycles. The molecule has 0 amide bonds. The summed E-state index contributed by atoms with van der Waals surface area (Å²) in [5.74, 6) is 0. The summed E-state index contributed by atoms with van der Waals surface area (Å²) in [5.41, 5.74) is 11.6. The second kappa shape index (κ2) is 14.9. The van der Waals surface area contributed by atoms with Crippen molar-refractivity contribution in [1.29, 1.82) is 0 Å². The van der Waals surface area contributed by atoms with Crippen molar-refractivity contribution in [2.75, 3.05) is 9.80 Å². The molecule has 0 saturated heterocycles. The number of rotatable bonds is 8. The maximum absolute atomic E-state index is 2.47. The molecule has 3 heteroatoms. The molecule has 0 fully saturated rings. The van der Waals surface area contributed by atoms with Gasteiger partial charge in [-0.25, -0.2) is 0 Å². The number of para-hydroxylation sites is 2. The fourth-order valence-corrected chi connectivity index (χ4v) is 12.4. The Labute approximate surface area is 336 Å². The molecule has 10 rings (SSSR count). The molecular weight excluding hydrogens is 709 g/mol. The molecule has 9 aromatic rings. The summed E-state index contributed by atoms with van der Waals surface area (Å²) in [5, 5.41) is 0. The molecule has 2 nitrogen and oxygen atoms in total. The molecule has 9 aromatic carbocycles. The van der Waals surface area contributed by atoms with Crippen molar-refractivity contribution < 1.29 is 0 Å². The van der Waals surface area contributed by atoms with Gasteiger partial charge in [-0.15, -0.1) is 10.0 Å². The van der Waals surface area contributed by atoms with E-state index in [1.807, 2.05) is 0 Å². The largest absolute Gasteiger partial charge is 0.310 e. The lowest BCUT2D eigenvalue weighted by Crippen LogP contribution is -2.22. The fourth-order valence-electron chi connectivity index (χ4n) is 8.29. The smallest absolute Gasteiger partial charge is 0.0613 e. The average Bonchev–Trinajstić information content (AvgIpc) is 3.30.